The first-order valence-electron chi connectivity index (χ1n) is 6.51. The highest BCUT2D eigenvalue weighted by Crippen LogP contribution is 2.18. The summed E-state index contributed by atoms with van der Waals surface area (Å²) in [4.78, 5) is 15.4. The first-order valence-corrected chi connectivity index (χ1v) is 6.51. The summed E-state index contributed by atoms with van der Waals surface area (Å²) in [5.74, 6) is 0.788. The molecule has 4 heteroatoms. The minimum absolute atomic E-state index is 0.154. The molecule has 0 radical (unpaired) electrons. The minimum atomic E-state index is -0.154. The van der Waals surface area contributed by atoms with E-state index in [1.54, 1.807) is 4.90 Å². The molecule has 0 aromatic rings. The maximum atomic E-state index is 11.3. The Kier molecular flexibility index (Phi) is 4.42. The summed E-state index contributed by atoms with van der Waals surface area (Å²) in [6, 6.07) is 0. The van der Waals surface area contributed by atoms with E-state index in [9.17, 15) is 4.79 Å². The van der Waals surface area contributed by atoms with Gasteiger partial charge < -0.3 is 14.5 Å². The summed E-state index contributed by atoms with van der Waals surface area (Å²) in [5, 5.41) is 0. The molecule has 0 saturated carbocycles. The lowest BCUT2D eigenvalue weighted by molar-refractivity contribution is 0.154. The van der Waals surface area contributed by atoms with Gasteiger partial charge in [0.1, 0.15) is 6.61 Å². The molecule has 0 spiro atoms. The zero-order chi connectivity index (χ0) is 12.1. The van der Waals surface area contributed by atoms with Crippen LogP contribution in [0.25, 0.3) is 0 Å². The third-order valence-electron chi connectivity index (χ3n) is 3.54. The molecule has 1 atom stereocenters. The molecule has 96 valence electrons. The van der Waals surface area contributed by atoms with Crippen molar-refractivity contribution in [3.63, 3.8) is 0 Å². The van der Waals surface area contributed by atoms with E-state index in [-0.39, 0.29) is 6.09 Å². The maximum absolute atomic E-state index is 11.3. The van der Waals surface area contributed by atoms with Crippen molar-refractivity contribution in [2.75, 3.05) is 39.8 Å². The molecule has 0 aromatic heterocycles. The smallest absolute Gasteiger partial charge is 0.409 e. The highest BCUT2D eigenvalue weighted by molar-refractivity contribution is 5.69. The second kappa shape index (κ2) is 6.05. The summed E-state index contributed by atoms with van der Waals surface area (Å²) >= 11 is 0. The maximum Gasteiger partial charge on any atom is 0.409 e. The fourth-order valence-electron chi connectivity index (χ4n) is 2.47. The van der Waals surface area contributed by atoms with Crippen LogP contribution in [0.15, 0.2) is 12.2 Å². The zero-order valence-corrected chi connectivity index (χ0v) is 10.6. The van der Waals surface area contributed by atoms with Crippen LogP contribution in [-0.2, 0) is 4.74 Å². The second-order valence-electron chi connectivity index (χ2n) is 5.01. The molecule has 2 rings (SSSR count). The van der Waals surface area contributed by atoms with E-state index in [0.717, 1.165) is 32.1 Å². The van der Waals surface area contributed by atoms with Gasteiger partial charge in [-0.2, -0.15) is 0 Å². The van der Waals surface area contributed by atoms with E-state index in [1.165, 1.54) is 19.3 Å². The fraction of sp³-hybridized carbons (Fsp3) is 0.769. The number of carbonyl (C=O) groups excluding carboxylic acids is 1. The fourth-order valence-corrected chi connectivity index (χ4v) is 2.47. The van der Waals surface area contributed by atoms with Crippen molar-refractivity contribution < 1.29 is 9.53 Å². The molecule has 1 aliphatic heterocycles. The van der Waals surface area contributed by atoms with E-state index in [0.29, 0.717) is 6.61 Å². The second-order valence-corrected chi connectivity index (χ2v) is 5.01. The van der Waals surface area contributed by atoms with E-state index in [2.05, 4.69) is 24.1 Å². The summed E-state index contributed by atoms with van der Waals surface area (Å²) < 4.78 is 4.91. The van der Waals surface area contributed by atoms with Gasteiger partial charge in [0, 0.05) is 19.6 Å². The summed E-state index contributed by atoms with van der Waals surface area (Å²) in [7, 11) is 2.14. The molecule has 1 fully saturated rings. The number of carbonyl (C=O) groups is 1. The zero-order valence-electron chi connectivity index (χ0n) is 10.6. The minimum Gasteiger partial charge on any atom is -0.448 e. The van der Waals surface area contributed by atoms with Gasteiger partial charge >= 0.3 is 6.09 Å². The molecule has 0 bridgehead atoms. The average Bonchev–Trinajstić information content (AvgIpc) is 2.74. The van der Waals surface area contributed by atoms with Crippen LogP contribution in [0, 0.1) is 5.92 Å². The van der Waals surface area contributed by atoms with Crippen molar-refractivity contribution in [2.24, 2.45) is 5.92 Å². The van der Waals surface area contributed by atoms with E-state index < -0.39 is 0 Å². The highest BCUT2D eigenvalue weighted by atomic mass is 16.6. The van der Waals surface area contributed by atoms with Crippen molar-refractivity contribution in [2.45, 2.75) is 19.3 Å². The number of rotatable bonds is 5. The van der Waals surface area contributed by atoms with Gasteiger partial charge in [-0.25, -0.2) is 4.79 Å². The van der Waals surface area contributed by atoms with Gasteiger partial charge in [-0.15, -0.1) is 0 Å². The molecule has 0 N–H and O–H groups in total. The van der Waals surface area contributed by atoms with Crippen LogP contribution < -0.4 is 0 Å². The van der Waals surface area contributed by atoms with Gasteiger partial charge in [0.15, 0.2) is 0 Å². The Balaban J connectivity index is 1.64. The van der Waals surface area contributed by atoms with Crippen LogP contribution in [0.3, 0.4) is 0 Å². The van der Waals surface area contributed by atoms with Crippen molar-refractivity contribution in [1.29, 1.82) is 0 Å². The summed E-state index contributed by atoms with van der Waals surface area (Å²) in [5.41, 5.74) is 0. The Morgan fingerprint density at radius 2 is 2.41 bits per heavy atom. The van der Waals surface area contributed by atoms with E-state index in [4.69, 9.17) is 4.74 Å². The number of ether oxygens (including phenoxy) is 1. The predicted octanol–water partition coefficient (Wildman–Crippen LogP) is 1.73. The first-order chi connectivity index (χ1) is 8.25. The van der Waals surface area contributed by atoms with Gasteiger partial charge in [-0.05, 0) is 32.2 Å². The van der Waals surface area contributed by atoms with Crippen molar-refractivity contribution in [3.8, 4) is 0 Å². The van der Waals surface area contributed by atoms with Crippen molar-refractivity contribution >= 4 is 6.09 Å². The Morgan fingerprint density at radius 3 is 3.06 bits per heavy atom. The molecule has 1 amide bonds. The Hall–Kier alpha value is -1.03. The first kappa shape index (κ1) is 12.4. The molecule has 0 aromatic carbocycles. The number of hydrogen-bond donors (Lipinski definition) is 0. The molecule has 4 nitrogen and oxygen atoms in total. The van der Waals surface area contributed by atoms with E-state index in [1.807, 2.05) is 0 Å². The third kappa shape index (κ3) is 3.73. The lowest BCUT2D eigenvalue weighted by Crippen LogP contribution is -2.36. The van der Waals surface area contributed by atoms with Crippen molar-refractivity contribution in [3.05, 3.63) is 12.2 Å². The number of likely N-dealkylation sites (N-methyl/N-ethyl adjacent to an activating group) is 1. The number of allylic oxidation sites excluding steroid dienone is 2. The molecular weight excluding hydrogens is 216 g/mol. The molecule has 1 saturated heterocycles. The van der Waals surface area contributed by atoms with Crippen LogP contribution in [0.5, 0.6) is 0 Å². The standard InChI is InChI=1S/C13H22N2O2/c1-14(11-12-5-3-2-4-6-12)7-8-15-9-10-17-13(15)16/h2-3,12H,4-11H2,1H3. The Labute approximate surface area is 103 Å². The predicted molar refractivity (Wildman–Crippen MR) is 66.9 cm³/mol. The van der Waals surface area contributed by atoms with Gasteiger partial charge in [0.2, 0.25) is 0 Å². The average molecular weight is 238 g/mol. The van der Waals surface area contributed by atoms with Gasteiger partial charge in [-0.1, -0.05) is 12.2 Å². The summed E-state index contributed by atoms with van der Waals surface area (Å²) in [6.07, 6.45) is 8.13. The van der Waals surface area contributed by atoms with Gasteiger partial charge in [-0.3, -0.25) is 0 Å². The molecule has 17 heavy (non-hydrogen) atoms. The van der Waals surface area contributed by atoms with Gasteiger partial charge in [0.05, 0.1) is 6.54 Å². The third-order valence-corrected chi connectivity index (χ3v) is 3.54. The Bertz CT molecular complexity index is 291. The largest absolute Gasteiger partial charge is 0.448 e. The lowest BCUT2D eigenvalue weighted by atomic mass is 9.94. The molecule has 1 heterocycles. The molecule has 1 aliphatic carbocycles. The molecule has 1 unspecified atom stereocenters. The van der Waals surface area contributed by atoms with Crippen LogP contribution >= 0.6 is 0 Å². The van der Waals surface area contributed by atoms with Crippen LogP contribution in [0.1, 0.15) is 19.3 Å². The summed E-state index contributed by atoms with van der Waals surface area (Å²) in [6.45, 7) is 4.16. The topological polar surface area (TPSA) is 32.8 Å². The van der Waals surface area contributed by atoms with E-state index >= 15 is 0 Å². The molecular formula is C13H22N2O2. The normalized spacial score (nSPS) is 24.5. The Morgan fingerprint density at radius 1 is 1.53 bits per heavy atom. The number of hydrogen-bond acceptors (Lipinski definition) is 3. The molecule has 2 aliphatic rings. The highest BCUT2D eigenvalue weighted by Gasteiger charge is 2.22. The monoisotopic (exact) mass is 238 g/mol. The number of amides is 1. The van der Waals surface area contributed by atoms with Crippen LogP contribution in [0.2, 0.25) is 0 Å². The van der Waals surface area contributed by atoms with Gasteiger partial charge in [0.25, 0.3) is 0 Å². The van der Waals surface area contributed by atoms with Crippen molar-refractivity contribution in [1.82, 2.24) is 9.80 Å². The lowest BCUT2D eigenvalue weighted by Gasteiger charge is -2.26. The number of cyclic esters (lactones) is 1. The number of nitrogens with zero attached hydrogens (tertiary/aromatic N) is 2. The van der Waals surface area contributed by atoms with Crippen LogP contribution in [-0.4, -0.2) is 55.7 Å². The SMILES string of the molecule is CN(CCN1CCOC1=O)CC1CC=CCC1. The quantitative estimate of drug-likeness (QED) is 0.684. The van der Waals surface area contributed by atoms with Crippen LogP contribution in [0.4, 0.5) is 4.79 Å².